The zero-order chi connectivity index (χ0) is 8.81. The van der Waals surface area contributed by atoms with Crippen LogP contribution in [0.5, 0.6) is 0 Å². The molecular weight excluding hydrogens is 172 g/mol. The predicted molar refractivity (Wildman–Crippen MR) is 49.1 cm³/mol. The highest BCUT2D eigenvalue weighted by Crippen LogP contribution is 2.14. The van der Waals surface area contributed by atoms with Crippen molar-refractivity contribution in [1.82, 2.24) is 20.2 Å². The Labute approximate surface area is 76.7 Å². The molecule has 1 heterocycles. The zero-order valence-electron chi connectivity index (χ0n) is 7.53. The van der Waals surface area contributed by atoms with E-state index in [4.69, 9.17) is 0 Å². The molecule has 0 aromatic carbocycles. The summed E-state index contributed by atoms with van der Waals surface area (Å²) in [4.78, 5) is 0. The smallest absolute Gasteiger partial charge is 0.209 e. The Balaban J connectivity index is 2.39. The quantitative estimate of drug-likeness (QED) is 0.517. The van der Waals surface area contributed by atoms with Crippen molar-refractivity contribution in [1.29, 1.82) is 0 Å². The Bertz CT molecular complexity index is 223. The van der Waals surface area contributed by atoms with Crippen LogP contribution in [0.15, 0.2) is 5.16 Å². The van der Waals surface area contributed by atoms with Crippen LogP contribution in [-0.4, -0.2) is 26.0 Å². The van der Waals surface area contributed by atoms with Gasteiger partial charge in [-0.05, 0) is 23.8 Å². The average Bonchev–Trinajstić information content (AvgIpc) is 2.52. The van der Waals surface area contributed by atoms with Crippen molar-refractivity contribution in [3.63, 3.8) is 0 Å². The maximum Gasteiger partial charge on any atom is 0.209 e. The van der Waals surface area contributed by atoms with Gasteiger partial charge in [-0.2, -0.15) is 0 Å². The number of thioether (sulfide) groups is 1. The number of hydrogen-bond donors (Lipinski definition) is 0. The lowest BCUT2D eigenvalue weighted by molar-refractivity contribution is 0.581. The Morgan fingerprint density at radius 3 is 2.92 bits per heavy atom. The van der Waals surface area contributed by atoms with Crippen molar-refractivity contribution in [3.05, 3.63) is 0 Å². The summed E-state index contributed by atoms with van der Waals surface area (Å²) >= 11 is 1.73. The number of hydrogen-bond acceptors (Lipinski definition) is 4. The molecule has 0 saturated heterocycles. The van der Waals surface area contributed by atoms with Crippen LogP contribution < -0.4 is 0 Å². The van der Waals surface area contributed by atoms with Crippen molar-refractivity contribution in [2.24, 2.45) is 0 Å². The first-order valence-electron chi connectivity index (χ1n) is 4.27. The van der Waals surface area contributed by atoms with E-state index in [1.54, 1.807) is 11.8 Å². The van der Waals surface area contributed by atoms with Gasteiger partial charge in [-0.1, -0.05) is 25.1 Å². The van der Waals surface area contributed by atoms with Gasteiger partial charge in [0.25, 0.3) is 0 Å². The lowest BCUT2D eigenvalue weighted by Gasteiger charge is -1.98. The minimum absolute atomic E-state index is 0.849. The van der Waals surface area contributed by atoms with Crippen LogP contribution >= 0.6 is 11.8 Å². The third-order valence-electron chi connectivity index (χ3n) is 1.53. The molecule has 5 heteroatoms. The van der Waals surface area contributed by atoms with Gasteiger partial charge < -0.3 is 0 Å². The Kier molecular flexibility index (Phi) is 4.07. The van der Waals surface area contributed by atoms with E-state index in [9.17, 15) is 0 Å². The molecule has 1 rings (SSSR count). The van der Waals surface area contributed by atoms with Crippen LogP contribution in [0.4, 0.5) is 0 Å². The van der Waals surface area contributed by atoms with Crippen LogP contribution in [0.3, 0.4) is 0 Å². The number of unbranched alkanes of at least 4 members (excludes halogenated alkanes) is 1. The highest BCUT2D eigenvalue weighted by Gasteiger charge is 2.02. The second-order valence-electron chi connectivity index (χ2n) is 2.48. The normalized spacial score (nSPS) is 10.5. The van der Waals surface area contributed by atoms with Gasteiger partial charge in [-0.3, -0.25) is 0 Å². The van der Waals surface area contributed by atoms with Crippen LogP contribution in [0.1, 0.15) is 26.7 Å². The van der Waals surface area contributed by atoms with Gasteiger partial charge in [0.15, 0.2) is 0 Å². The van der Waals surface area contributed by atoms with E-state index in [0.717, 1.165) is 17.5 Å². The molecule has 0 spiro atoms. The lowest BCUT2D eigenvalue weighted by Crippen LogP contribution is -1.98. The maximum absolute atomic E-state index is 3.92. The van der Waals surface area contributed by atoms with Crippen molar-refractivity contribution in [2.75, 3.05) is 5.75 Å². The highest BCUT2D eigenvalue weighted by atomic mass is 32.2. The lowest BCUT2D eigenvalue weighted by atomic mass is 10.4. The molecule has 68 valence electrons. The highest BCUT2D eigenvalue weighted by molar-refractivity contribution is 7.99. The van der Waals surface area contributed by atoms with E-state index in [0.29, 0.717) is 0 Å². The SMILES string of the molecule is CCCCSc1nnnn1CC. The molecule has 0 N–H and O–H groups in total. The first-order chi connectivity index (χ1) is 5.88. The first kappa shape index (κ1) is 9.51. The molecule has 0 amide bonds. The molecular formula is C7H14N4S. The summed E-state index contributed by atoms with van der Waals surface area (Å²) in [5, 5.41) is 12.3. The predicted octanol–water partition coefficient (Wildman–Crippen LogP) is 1.59. The topological polar surface area (TPSA) is 43.6 Å². The summed E-state index contributed by atoms with van der Waals surface area (Å²) in [6.07, 6.45) is 2.45. The molecule has 4 nitrogen and oxygen atoms in total. The van der Waals surface area contributed by atoms with E-state index < -0.39 is 0 Å². The third-order valence-corrected chi connectivity index (χ3v) is 2.57. The number of aromatic nitrogens is 4. The van der Waals surface area contributed by atoms with Crippen molar-refractivity contribution in [3.8, 4) is 0 Å². The molecule has 0 radical (unpaired) electrons. The molecule has 1 aromatic rings. The Hall–Kier alpha value is -0.580. The Morgan fingerprint density at radius 2 is 2.25 bits per heavy atom. The fourth-order valence-electron chi connectivity index (χ4n) is 0.806. The van der Waals surface area contributed by atoms with Gasteiger partial charge in [-0.25, -0.2) is 4.68 Å². The van der Waals surface area contributed by atoms with E-state index in [2.05, 4.69) is 22.4 Å². The summed E-state index contributed by atoms with van der Waals surface area (Å²) in [6, 6.07) is 0. The maximum atomic E-state index is 3.92. The van der Waals surface area contributed by atoms with Crippen LogP contribution in [0.2, 0.25) is 0 Å². The fourth-order valence-corrected chi connectivity index (χ4v) is 1.83. The Morgan fingerprint density at radius 1 is 1.42 bits per heavy atom. The fraction of sp³-hybridized carbons (Fsp3) is 0.857. The van der Waals surface area contributed by atoms with Crippen molar-refractivity contribution < 1.29 is 0 Å². The van der Waals surface area contributed by atoms with E-state index in [1.165, 1.54) is 12.8 Å². The van der Waals surface area contributed by atoms with Crippen LogP contribution in [0.25, 0.3) is 0 Å². The number of nitrogens with zero attached hydrogens (tertiary/aromatic N) is 4. The van der Waals surface area contributed by atoms with Crippen molar-refractivity contribution >= 4 is 11.8 Å². The minimum atomic E-state index is 0.849. The van der Waals surface area contributed by atoms with Gasteiger partial charge in [0, 0.05) is 12.3 Å². The largest absolute Gasteiger partial charge is 0.221 e. The summed E-state index contributed by atoms with van der Waals surface area (Å²) in [7, 11) is 0. The molecule has 0 aliphatic heterocycles. The van der Waals surface area contributed by atoms with Crippen LogP contribution in [-0.2, 0) is 6.54 Å². The number of rotatable bonds is 5. The van der Waals surface area contributed by atoms with Gasteiger partial charge in [0.05, 0.1) is 0 Å². The third kappa shape index (κ3) is 2.48. The van der Waals surface area contributed by atoms with Gasteiger partial charge in [0.1, 0.15) is 0 Å². The molecule has 0 bridgehead atoms. The summed E-state index contributed by atoms with van der Waals surface area (Å²) < 4.78 is 1.82. The van der Waals surface area contributed by atoms with Gasteiger partial charge in [0.2, 0.25) is 5.16 Å². The molecule has 0 aliphatic rings. The van der Waals surface area contributed by atoms with E-state index >= 15 is 0 Å². The van der Waals surface area contributed by atoms with Crippen LogP contribution in [0, 0.1) is 0 Å². The first-order valence-corrected chi connectivity index (χ1v) is 5.26. The molecule has 12 heavy (non-hydrogen) atoms. The second-order valence-corrected chi connectivity index (χ2v) is 3.54. The molecule has 1 aromatic heterocycles. The van der Waals surface area contributed by atoms with E-state index in [1.807, 2.05) is 11.6 Å². The molecule has 0 aliphatic carbocycles. The standard InChI is InChI=1S/C7H14N4S/c1-3-5-6-12-7-8-9-10-11(7)4-2/h3-6H2,1-2H3. The summed E-state index contributed by atoms with van der Waals surface area (Å²) in [5.74, 6) is 1.11. The average molecular weight is 186 g/mol. The summed E-state index contributed by atoms with van der Waals surface area (Å²) in [6.45, 7) is 5.07. The van der Waals surface area contributed by atoms with Gasteiger partial charge in [-0.15, -0.1) is 5.10 Å². The van der Waals surface area contributed by atoms with Crippen molar-refractivity contribution in [2.45, 2.75) is 38.4 Å². The molecule has 0 unspecified atom stereocenters. The zero-order valence-corrected chi connectivity index (χ0v) is 8.34. The van der Waals surface area contributed by atoms with Gasteiger partial charge >= 0.3 is 0 Å². The molecule has 0 atom stereocenters. The molecule has 0 fully saturated rings. The number of tetrazole rings is 1. The number of aryl methyl sites for hydroxylation is 1. The molecule has 0 saturated carbocycles. The van der Waals surface area contributed by atoms with E-state index in [-0.39, 0.29) is 0 Å². The summed E-state index contributed by atoms with van der Waals surface area (Å²) in [5.41, 5.74) is 0. The second kappa shape index (κ2) is 5.13. The monoisotopic (exact) mass is 186 g/mol. The minimum Gasteiger partial charge on any atom is -0.221 e.